The highest BCUT2D eigenvalue weighted by atomic mass is 32.2. The molecule has 0 radical (unpaired) electrons. The van der Waals surface area contributed by atoms with Crippen molar-refractivity contribution in [3.8, 4) is 0 Å². The first-order chi connectivity index (χ1) is 15.4. The maximum Gasteiger partial charge on any atom is 0.269 e. The minimum absolute atomic E-state index is 0.0116. The quantitative estimate of drug-likeness (QED) is 0.496. The number of anilines is 1. The van der Waals surface area contributed by atoms with Gasteiger partial charge in [0.2, 0.25) is 0 Å². The highest BCUT2D eigenvalue weighted by Crippen LogP contribution is 2.25. The van der Waals surface area contributed by atoms with Crippen LogP contribution >= 0.6 is 0 Å². The van der Waals surface area contributed by atoms with Crippen LogP contribution in [0.1, 0.15) is 44.9 Å². The van der Waals surface area contributed by atoms with Crippen LogP contribution in [-0.4, -0.2) is 31.5 Å². The Morgan fingerprint density at radius 3 is 2.16 bits per heavy atom. The third kappa shape index (κ3) is 6.13. The van der Waals surface area contributed by atoms with Gasteiger partial charge in [0.25, 0.3) is 21.6 Å². The number of hydrazone groups is 1. The third-order valence-electron chi connectivity index (χ3n) is 5.24. The molecule has 0 spiro atoms. The Labute approximate surface area is 187 Å². The number of amides is 1. The molecule has 1 saturated carbocycles. The molecule has 0 heterocycles. The number of sulfonamides is 1. The molecule has 2 aromatic carbocycles. The predicted molar refractivity (Wildman–Crippen MR) is 122 cm³/mol. The van der Waals surface area contributed by atoms with Crippen LogP contribution in [0.4, 0.5) is 11.4 Å². The van der Waals surface area contributed by atoms with Crippen LogP contribution in [0.2, 0.25) is 0 Å². The van der Waals surface area contributed by atoms with E-state index in [0.29, 0.717) is 0 Å². The fourth-order valence-corrected chi connectivity index (χ4v) is 4.95. The number of non-ortho nitro benzene ring substituents is 1. The number of nitro groups is 1. The average Bonchev–Trinajstić information content (AvgIpc) is 2.77. The third-order valence-corrected chi connectivity index (χ3v) is 7.02. The van der Waals surface area contributed by atoms with Crippen LogP contribution in [0.3, 0.4) is 0 Å². The van der Waals surface area contributed by atoms with E-state index in [4.69, 9.17) is 0 Å². The highest BCUT2D eigenvalue weighted by molar-refractivity contribution is 7.92. The van der Waals surface area contributed by atoms with Crippen LogP contribution in [0.25, 0.3) is 0 Å². The van der Waals surface area contributed by atoms with Gasteiger partial charge in [0.15, 0.2) is 0 Å². The molecule has 9 nitrogen and oxygen atoms in total. The number of nitrogens with zero attached hydrogens (tertiary/aromatic N) is 3. The van der Waals surface area contributed by atoms with Gasteiger partial charge in [-0.3, -0.25) is 19.2 Å². The van der Waals surface area contributed by atoms with E-state index in [-0.39, 0.29) is 16.3 Å². The van der Waals surface area contributed by atoms with Crippen molar-refractivity contribution in [2.24, 2.45) is 5.10 Å². The molecule has 1 aliphatic carbocycles. The van der Waals surface area contributed by atoms with Gasteiger partial charge in [0.05, 0.1) is 15.5 Å². The van der Waals surface area contributed by atoms with Gasteiger partial charge in [-0.2, -0.15) is 5.10 Å². The van der Waals surface area contributed by atoms with Gasteiger partial charge >= 0.3 is 0 Å². The summed E-state index contributed by atoms with van der Waals surface area (Å²) >= 11 is 0. The Morgan fingerprint density at radius 2 is 1.56 bits per heavy atom. The van der Waals surface area contributed by atoms with Gasteiger partial charge in [-0.05, 0) is 49.9 Å². The van der Waals surface area contributed by atoms with Gasteiger partial charge in [0.1, 0.15) is 6.54 Å². The molecular weight excluding hydrogens is 432 g/mol. The summed E-state index contributed by atoms with van der Waals surface area (Å²) in [5, 5.41) is 15.2. The summed E-state index contributed by atoms with van der Waals surface area (Å²) in [6.45, 7) is -0.508. The molecule has 0 atom stereocenters. The molecule has 0 saturated heterocycles. The Morgan fingerprint density at radius 1 is 0.969 bits per heavy atom. The van der Waals surface area contributed by atoms with Crippen molar-refractivity contribution in [3.05, 3.63) is 64.7 Å². The summed E-state index contributed by atoms with van der Waals surface area (Å²) in [5.41, 5.74) is 3.37. The zero-order chi connectivity index (χ0) is 23.0. The standard InChI is InChI=1S/C22H26N4O5S/c27-22(24-23-18-9-5-2-1-3-6-10-18)17-25(19-13-15-20(16-14-19)26(28)29)32(30,31)21-11-7-4-8-12-21/h4,7-8,11-16H,1-3,5-6,9-10,17H2,(H,24,27). The molecule has 0 unspecified atom stereocenters. The summed E-state index contributed by atoms with van der Waals surface area (Å²) in [7, 11) is -4.08. The zero-order valence-corrected chi connectivity index (χ0v) is 18.5. The lowest BCUT2D eigenvalue weighted by Crippen LogP contribution is -2.39. The van der Waals surface area contributed by atoms with E-state index in [2.05, 4.69) is 10.5 Å². The van der Waals surface area contributed by atoms with Crippen molar-refractivity contribution in [1.82, 2.24) is 5.43 Å². The van der Waals surface area contributed by atoms with Gasteiger partial charge in [-0.15, -0.1) is 0 Å². The first kappa shape index (κ1) is 23.4. The van der Waals surface area contributed by atoms with Crippen LogP contribution in [-0.2, 0) is 14.8 Å². The Bertz CT molecular complexity index is 1060. The largest absolute Gasteiger partial charge is 0.271 e. The maximum atomic E-state index is 13.3. The van der Waals surface area contributed by atoms with E-state index in [1.807, 2.05) is 0 Å². The van der Waals surface area contributed by atoms with E-state index in [1.54, 1.807) is 18.2 Å². The van der Waals surface area contributed by atoms with Crippen molar-refractivity contribution in [2.75, 3.05) is 10.8 Å². The second-order valence-corrected chi connectivity index (χ2v) is 9.44. The molecule has 170 valence electrons. The molecule has 2 aromatic rings. The fraction of sp³-hybridized carbons (Fsp3) is 0.364. The van der Waals surface area contributed by atoms with Crippen molar-refractivity contribution in [1.29, 1.82) is 0 Å². The lowest BCUT2D eigenvalue weighted by atomic mass is 9.99. The van der Waals surface area contributed by atoms with Gasteiger partial charge in [-0.1, -0.05) is 37.5 Å². The van der Waals surface area contributed by atoms with Crippen LogP contribution < -0.4 is 9.73 Å². The molecule has 1 N–H and O–H groups in total. The van der Waals surface area contributed by atoms with E-state index in [9.17, 15) is 23.3 Å². The monoisotopic (exact) mass is 458 g/mol. The van der Waals surface area contributed by atoms with Gasteiger partial charge in [-0.25, -0.2) is 13.8 Å². The number of nitro benzene ring substituents is 1. The van der Waals surface area contributed by atoms with E-state index >= 15 is 0 Å². The Balaban J connectivity index is 1.83. The SMILES string of the molecule is O=C(CN(c1ccc([N+](=O)[O-])cc1)S(=O)(=O)c1ccccc1)NN=C1CCCCCCC1. The molecule has 1 aliphatic rings. The smallest absolute Gasteiger partial charge is 0.269 e. The second kappa shape index (κ2) is 10.9. The average molecular weight is 459 g/mol. The number of nitrogens with one attached hydrogen (secondary N) is 1. The number of rotatable bonds is 7. The van der Waals surface area contributed by atoms with E-state index in [0.717, 1.165) is 48.5 Å². The fourth-order valence-electron chi connectivity index (χ4n) is 3.51. The number of carbonyl (C=O) groups is 1. The molecular formula is C22H26N4O5S. The summed E-state index contributed by atoms with van der Waals surface area (Å²) < 4.78 is 27.4. The molecule has 1 fully saturated rings. The molecule has 0 bridgehead atoms. The van der Waals surface area contributed by atoms with Crippen molar-refractivity contribution >= 4 is 33.0 Å². The van der Waals surface area contributed by atoms with Crippen molar-refractivity contribution < 1.29 is 18.1 Å². The van der Waals surface area contributed by atoms with Crippen LogP contribution in [0.5, 0.6) is 0 Å². The Kier molecular flexibility index (Phi) is 7.93. The molecule has 0 aromatic heterocycles. The summed E-state index contributed by atoms with van der Waals surface area (Å²) in [5.74, 6) is -0.586. The number of hydrogen-bond donors (Lipinski definition) is 1. The Hall–Kier alpha value is -3.27. The van der Waals surface area contributed by atoms with Crippen molar-refractivity contribution in [3.63, 3.8) is 0 Å². The lowest BCUT2D eigenvalue weighted by molar-refractivity contribution is -0.384. The highest BCUT2D eigenvalue weighted by Gasteiger charge is 2.27. The summed E-state index contributed by atoms with van der Waals surface area (Å²) in [4.78, 5) is 23.0. The predicted octanol–water partition coefficient (Wildman–Crippen LogP) is 4.01. The molecule has 10 heteroatoms. The van der Waals surface area contributed by atoms with Crippen LogP contribution in [0.15, 0.2) is 64.6 Å². The normalized spacial score (nSPS) is 14.7. The zero-order valence-electron chi connectivity index (χ0n) is 17.6. The summed E-state index contributed by atoms with van der Waals surface area (Å²) in [6, 6.07) is 12.8. The first-order valence-electron chi connectivity index (χ1n) is 10.5. The first-order valence-corrected chi connectivity index (χ1v) is 12.0. The van der Waals surface area contributed by atoms with Gasteiger partial charge in [0, 0.05) is 17.8 Å². The molecule has 1 amide bonds. The van der Waals surface area contributed by atoms with E-state index in [1.165, 1.54) is 42.8 Å². The topological polar surface area (TPSA) is 122 Å². The molecule has 3 rings (SSSR count). The lowest BCUT2D eigenvalue weighted by Gasteiger charge is -2.23. The molecule has 32 heavy (non-hydrogen) atoms. The minimum atomic E-state index is -4.08. The van der Waals surface area contributed by atoms with E-state index < -0.39 is 27.4 Å². The molecule has 0 aliphatic heterocycles. The number of benzene rings is 2. The summed E-state index contributed by atoms with van der Waals surface area (Å²) in [6.07, 6.45) is 7.15. The number of hydrogen-bond acceptors (Lipinski definition) is 6. The number of carbonyl (C=O) groups excluding carboxylic acids is 1. The van der Waals surface area contributed by atoms with Crippen LogP contribution in [0, 0.1) is 10.1 Å². The van der Waals surface area contributed by atoms with Crippen molar-refractivity contribution in [2.45, 2.75) is 49.8 Å². The second-order valence-electron chi connectivity index (χ2n) is 7.58. The minimum Gasteiger partial charge on any atom is -0.271 e. The van der Waals surface area contributed by atoms with Gasteiger partial charge < -0.3 is 0 Å². The maximum absolute atomic E-state index is 13.3.